The summed E-state index contributed by atoms with van der Waals surface area (Å²) in [4.78, 5) is 0. The summed E-state index contributed by atoms with van der Waals surface area (Å²) in [6, 6.07) is 0.371. The molecular weight excluding hydrogens is 212 g/mol. The van der Waals surface area contributed by atoms with Gasteiger partial charge < -0.3 is 4.74 Å². The molecule has 1 spiro atoms. The monoisotopic (exact) mass is 238 g/mol. The van der Waals surface area contributed by atoms with Gasteiger partial charge in [-0.25, -0.2) is 0 Å². The molecule has 2 unspecified atom stereocenters. The van der Waals surface area contributed by atoms with E-state index in [9.17, 15) is 0 Å². The Morgan fingerprint density at radius 2 is 2.18 bits per heavy atom. The van der Waals surface area contributed by atoms with Crippen molar-refractivity contribution in [3.05, 3.63) is 12.7 Å². The minimum Gasteiger partial charge on any atom is -0.375 e. The van der Waals surface area contributed by atoms with Crippen LogP contribution in [0.3, 0.4) is 0 Å². The first kappa shape index (κ1) is 13.1. The Morgan fingerprint density at radius 1 is 1.41 bits per heavy atom. The van der Waals surface area contributed by atoms with Crippen LogP contribution in [0, 0.1) is 5.92 Å². The van der Waals surface area contributed by atoms with Crippen molar-refractivity contribution in [2.24, 2.45) is 11.8 Å². The van der Waals surface area contributed by atoms with Crippen LogP contribution in [-0.2, 0) is 4.74 Å². The third kappa shape index (κ3) is 3.09. The molecule has 3 N–H and O–H groups in total. The van der Waals surface area contributed by atoms with E-state index in [0.717, 1.165) is 19.4 Å². The van der Waals surface area contributed by atoms with Gasteiger partial charge in [-0.3, -0.25) is 11.3 Å². The van der Waals surface area contributed by atoms with Crippen LogP contribution in [0.15, 0.2) is 12.7 Å². The summed E-state index contributed by atoms with van der Waals surface area (Å²) in [7, 11) is 0. The minimum absolute atomic E-state index is 0.178. The Hall–Kier alpha value is -0.380. The van der Waals surface area contributed by atoms with Gasteiger partial charge in [0.15, 0.2) is 0 Å². The number of hydrazine groups is 1. The topological polar surface area (TPSA) is 47.3 Å². The van der Waals surface area contributed by atoms with Crippen molar-refractivity contribution >= 4 is 0 Å². The second-order valence-corrected chi connectivity index (χ2v) is 5.64. The van der Waals surface area contributed by atoms with Gasteiger partial charge >= 0.3 is 0 Å². The number of hydrogen-bond donors (Lipinski definition) is 2. The summed E-state index contributed by atoms with van der Waals surface area (Å²) in [6.45, 7) is 4.72. The molecule has 2 rings (SSSR count). The molecule has 0 bridgehead atoms. The number of ether oxygens (including phenoxy) is 1. The second kappa shape index (κ2) is 5.98. The quantitative estimate of drug-likeness (QED) is 0.449. The lowest BCUT2D eigenvalue weighted by atomic mass is 9.74. The predicted molar refractivity (Wildman–Crippen MR) is 70.4 cm³/mol. The Bertz CT molecular complexity index is 243. The molecule has 17 heavy (non-hydrogen) atoms. The van der Waals surface area contributed by atoms with E-state index >= 15 is 0 Å². The molecule has 0 amide bonds. The van der Waals surface area contributed by atoms with Gasteiger partial charge in [0.05, 0.1) is 5.60 Å². The van der Waals surface area contributed by atoms with Gasteiger partial charge in [0.2, 0.25) is 0 Å². The summed E-state index contributed by atoms with van der Waals surface area (Å²) in [5.41, 5.74) is 3.15. The first-order valence-corrected chi connectivity index (χ1v) is 7.01. The highest BCUT2D eigenvalue weighted by Crippen LogP contribution is 2.41. The summed E-state index contributed by atoms with van der Waals surface area (Å²) in [6.07, 6.45) is 11.7. The Morgan fingerprint density at radius 3 is 2.82 bits per heavy atom. The Labute approximate surface area is 105 Å². The highest BCUT2D eigenvalue weighted by atomic mass is 16.5. The van der Waals surface area contributed by atoms with Gasteiger partial charge in [-0.15, -0.1) is 6.58 Å². The molecule has 2 atom stereocenters. The number of nitrogens with two attached hydrogens (primary N) is 1. The molecule has 1 saturated carbocycles. The lowest BCUT2D eigenvalue weighted by Crippen LogP contribution is -2.49. The van der Waals surface area contributed by atoms with Crippen LogP contribution in [0.2, 0.25) is 0 Å². The van der Waals surface area contributed by atoms with Crippen molar-refractivity contribution < 1.29 is 4.74 Å². The van der Waals surface area contributed by atoms with Crippen molar-refractivity contribution in [2.45, 2.75) is 63.0 Å². The van der Waals surface area contributed by atoms with Crippen molar-refractivity contribution in [3.8, 4) is 0 Å². The first-order valence-electron chi connectivity index (χ1n) is 7.01. The zero-order valence-electron chi connectivity index (χ0n) is 10.8. The van der Waals surface area contributed by atoms with Crippen LogP contribution < -0.4 is 11.3 Å². The molecule has 0 aromatic heterocycles. The molecule has 1 aliphatic heterocycles. The van der Waals surface area contributed by atoms with Gasteiger partial charge in [-0.1, -0.05) is 25.3 Å². The number of rotatable bonds is 4. The fraction of sp³-hybridized carbons (Fsp3) is 0.857. The van der Waals surface area contributed by atoms with Gasteiger partial charge in [-0.05, 0) is 38.0 Å². The molecule has 0 aromatic carbocycles. The van der Waals surface area contributed by atoms with Gasteiger partial charge in [-0.2, -0.15) is 0 Å². The first-order chi connectivity index (χ1) is 8.29. The van der Waals surface area contributed by atoms with Crippen molar-refractivity contribution in [2.75, 3.05) is 6.61 Å². The van der Waals surface area contributed by atoms with E-state index in [1.807, 2.05) is 6.08 Å². The summed E-state index contributed by atoms with van der Waals surface area (Å²) >= 11 is 0. The number of nitrogens with one attached hydrogen (secondary N) is 1. The fourth-order valence-electron chi connectivity index (χ4n) is 3.53. The van der Waals surface area contributed by atoms with E-state index < -0.39 is 0 Å². The molecule has 1 heterocycles. The van der Waals surface area contributed by atoms with E-state index in [1.165, 1.54) is 38.5 Å². The third-order valence-electron chi connectivity index (χ3n) is 4.50. The van der Waals surface area contributed by atoms with Crippen LogP contribution in [0.25, 0.3) is 0 Å². The average Bonchev–Trinajstić information content (AvgIpc) is 2.37. The van der Waals surface area contributed by atoms with Gasteiger partial charge in [0.1, 0.15) is 0 Å². The Kier molecular flexibility index (Phi) is 4.60. The smallest absolute Gasteiger partial charge is 0.0685 e. The van der Waals surface area contributed by atoms with Crippen LogP contribution >= 0.6 is 0 Å². The van der Waals surface area contributed by atoms with Crippen molar-refractivity contribution in [1.82, 2.24) is 5.43 Å². The Balaban J connectivity index is 1.97. The maximum Gasteiger partial charge on any atom is 0.0685 e. The number of hydrogen-bond acceptors (Lipinski definition) is 3. The minimum atomic E-state index is 0.178. The van der Waals surface area contributed by atoms with Crippen molar-refractivity contribution in [1.29, 1.82) is 0 Å². The molecule has 1 aliphatic carbocycles. The van der Waals surface area contributed by atoms with Gasteiger partial charge in [0, 0.05) is 12.6 Å². The largest absolute Gasteiger partial charge is 0.375 e. The maximum absolute atomic E-state index is 6.12. The molecule has 0 radical (unpaired) electrons. The van der Waals surface area contributed by atoms with E-state index in [-0.39, 0.29) is 5.60 Å². The molecule has 2 aliphatic rings. The molecule has 1 saturated heterocycles. The van der Waals surface area contributed by atoms with Crippen LogP contribution in [0.5, 0.6) is 0 Å². The zero-order valence-corrected chi connectivity index (χ0v) is 10.8. The molecular formula is C14H26N2O. The summed E-state index contributed by atoms with van der Waals surface area (Å²) in [5, 5.41) is 0. The molecule has 3 nitrogen and oxygen atoms in total. The highest BCUT2D eigenvalue weighted by molar-refractivity contribution is 4.94. The van der Waals surface area contributed by atoms with E-state index in [4.69, 9.17) is 10.6 Å². The van der Waals surface area contributed by atoms with Crippen LogP contribution in [0.1, 0.15) is 51.4 Å². The third-order valence-corrected chi connectivity index (χ3v) is 4.50. The fourth-order valence-corrected chi connectivity index (χ4v) is 3.53. The zero-order chi connectivity index (χ0) is 12.1. The molecule has 3 heteroatoms. The normalized spacial score (nSPS) is 30.1. The van der Waals surface area contributed by atoms with E-state index in [1.54, 1.807) is 0 Å². The molecule has 98 valence electrons. The van der Waals surface area contributed by atoms with E-state index in [0.29, 0.717) is 12.0 Å². The van der Waals surface area contributed by atoms with E-state index in [2.05, 4.69) is 12.0 Å². The molecule has 0 aromatic rings. The lowest BCUT2D eigenvalue weighted by molar-refractivity contribution is -0.121. The summed E-state index contributed by atoms with van der Waals surface area (Å²) in [5.74, 6) is 6.31. The average molecular weight is 238 g/mol. The highest BCUT2D eigenvalue weighted by Gasteiger charge is 2.40. The summed E-state index contributed by atoms with van der Waals surface area (Å²) < 4.78 is 6.12. The van der Waals surface area contributed by atoms with Crippen molar-refractivity contribution in [3.63, 3.8) is 0 Å². The maximum atomic E-state index is 6.12. The molecule has 2 fully saturated rings. The SMILES string of the molecule is C=CCC(NN)C1CCOC2(CCCCC2)C1. The second-order valence-electron chi connectivity index (χ2n) is 5.64. The van der Waals surface area contributed by atoms with Crippen LogP contribution in [0.4, 0.5) is 0 Å². The van der Waals surface area contributed by atoms with Crippen LogP contribution in [-0.4, -0.2) is 18.2 Å². The lowest BCUT2D eigenvalue weighted by Gasteiger charge is -2.45. The van der Waals surface area contributed by atoms with Gasteiger partial charge in [0.25, 0.3) is 0 Å². The standard InChI is InChI=1S/C14H26N2O/c1-2-6-13(16-15)12-7-10-17-14(11-12)8-4-3-5-9-14/h2,12-13,16H,1,3-11,15H2. The predicted octanol–water partition coefficient (Wildman–Crippen LogP) is 2.52.